The van der Waals surface area contributed by atoms with E-state index in [1.165, 1.54) is 0 Å². The highest BCUT2D eigenvalue weighted by Gasteiger charge is 2.23. The molecule has 0 aromatic heterocycles. The van der Waals surface area contributed by atoms with E-state index in [0.717, 1.165) is 25.2 Å². The van der Waals surface area contributed by atoms with Crippen molar-refractivity contribution in [1.82, 2.24) is 0 Å². The van der Waals surface area contributed by atoms with Crippen LogP contribution in [0.2, 0.25) is 0 Å². The molecule has 1 aromatic carbocycles. The Kier molecular flexibility index (Phi) is 3.13. The van der Waals surface area contributed by atoms with Gasteiger partial charge < -0.3 is 14.9 Å². The first-order chi connectivity index (χ1) is 7.70. The summed E-state index contributed by atoms with van der Waals surface area (Å²) in [7, 11) is -1.44. The Morgan fingerprint density at radius 3 is 2.88 bits per heavy atom. The van der Waals surface area contributed by atoms with Crippen LogP contribution < -0.4 is 10.4 Å². The summed E-state index contributed by atoms with van der Waals surface area (Å²) in [6.45, 7) is 1.57. The van der Waals surface area contributed by atoms with Crippen LogP contribution in [0.1, 0.15) is 6.42 Å². The Balaban J connectivity index is 2.16. The van der Waals surface area contributed by atoms with Crippen LogP contribution in [0.25, 0.3) is 0 Å². The van der Waals surface area contributed by atoms with Crippen LogP contribution in [0.3, 0.4) is 0 Å². The normalized spacial score (nSPS) is 19.6. The second kappa shape index (κ2) is 4.56. The molecule has 1 aliphatic heterocycles. The highest BCUT2D eigenvalue weighted by Crippen LogP contribution is 2.22. The van der Waals surface area contributed by atoms with Crippen LogP contribution in [0, 0.1) is 17.2 Å². The second-order valence-electron chi connectivity index (χ2n) is 4.03. The van der Waals surface area contributed by atoms with E-state index in [0.29, 0.717) is 5.46 Å². The van der Waals surface area contributed by atoms with E-state index >= 15 is 0 Å². The highest BCUT2D eigenvalue weighted by molar-refractivity contribution is 6.58. The first-order valence-corrected chi connectivity index (χ1v) is 5.31. The van der Waals surface area contributed by atoms with Crippen LogP contribution in [-0.4, -0.2) is 30.3 Å². The Labute approximate surface area is 94.9 Å². The van der Waals surface area contributed by atoms with Gasteiger partial charge in [-0.2, -0.15) is 5.26 Å². The van der Waals surface area contributed by atoms with Crippen molar-refractivity contribution in [2.75, 3.05) is 18.0 Å². The zero-order chi connectivity index (χ0) is 11.5. The van der Waals surface area contributed by atoms with E-state index in [1.54, 1.807) is 18.2 Å². The molecule has 0 bridgehead atoms. The van der Waals surface area contributed by atoms with Gasteiger partial charge in [-0.05, 0) is 24.0 Å². The SMILES string of the molecule is N#CC1CCN(c2cccc(B(O)O)c2)C1. The van der Waals surface area contributed by atoms with Gasteiger partial charge in [0, 0.05) is 18.8 Å². The van der Waals surface area contributed by atoms with Gasteiger partial charge in [0.25, 0.3) is 0 Å². The molecule has 2 rings (SSSR count). The van der Waals surface area contributed by atoms with Crippen LogP contribution >= 0.6 is 0 Å². The number of hydrogen-bond acceptors (Lipinski definition) is 4. The highest BCUT2D eigenvalue weighted by atomic mass is 16.4. The van der Waals surface area contributed by atoms with Crippen LogP contribution in [0.5, 0.6) is 0 Å². The number of hydrogen-bond donors (Lipinski definition) is 2. The van der Waals surface area contributed by atoms with Crippen molar-refractivity contribution in [2.45, 2.75) is 6.42 Å². The van der Waals surface area contributed by atoms with Crippen molar-refractivity contribution < 1.29 is 10.0 Å². The molecule has 0 amide bonds. The molecule has 1 heterocycles. The maximum absolute atomic E-state index is 9.07. The first-order valence-electron chi connectivity index (χ1n) is 5.31. The molecule has 1 fully saturated rings. The fraction of sp³-hybridized carbons (Fsp3) is 0.364. The minimum absolute atomic E-state index is 0.0858. The molecule has 0 spiro atoms. The van der Waals surface area contributed by atoms with E-state index in [9.17, 15) is 0 Å². The molecule has 1 unspecified atom stereocenters. The monoisotopic (exact) mass is 216 g/mol. The summed E-state index contributed by atoms with van der Waals surface area (Å²) in [5.41, 5.74) is 1.43. The zero-order valence-electron chi connectivity index (χ0n) is 8.87. The average Bonchev–Trinajstić information content (AvgIpc) is 2.77. The number of benzene rings is 1. The van der Waals surface area contributed by atoms with E-state index < -0.39 is 7.12 Å². The fourth-order valence-electron chi connectivity index (χ4n) is 1.98. The number of nitriles is 1. The Hall–Kier alpha value is -1.51. The fourth-order valence-corrected chi connectivity index (χ4v) is 1.98. The predicted molar refractivity (Wildman–Crippen MR) is 62.2 cm³/mol. The molecule has 0 aliphatic carbocycles. The average molecular weight is 216 g/mol. The molecular formula is C11H13BN2O2. The van der Waals surface area contributed by atoms with Crippen molar-refractivity contribution in [3.05, 3.63) is 24.3 Å². The van der Waals surface area contributed by atoms with Crippen molar-refractivity contribution >= 4 is 18.3 Å². The van der Waals surface area contributed by atoms with Gasteiger partial charge in [0.2, 0.25) is 0 Å². The van der Waals surface area contributed by atoms with Gasteiger partial charge in [-0.1, -0.05) is 12.1 Å². The van der Waals surface area contributed by atoms with Gasteiger partial charge in [-0.15, -0.1) is 0 Å². The van der Waals surface area contributed by atoms with Crippen LogP contribution in [0.15, 0.2) is 24.3 Å². The number of rotatable bonds is 2. The summed E-state index contributed by atoms with van der Waals surface area (Å²) in [5, 5.41) is 27.0. The largest absolute Gasteiger partial charge is 0.488 e. The molecule has 82 valence electrons. The predicted octanol–water partition coefficient (Wildman–Crippen LogP) is -0.284. The zero-order valence-corrected chi connectivity index (χ0v) is 8.87. The molecular weight excluding hydrogens is 203 g/mol. The molecule has 1 aromatic rings. The minimum Gasteiger partial charge on any atom is -0.423 e. The third kappa shape index (κ3) is 2.18. The maximum atomic E-state index is 9.07. The van der Waals surface area contributed by atoms with Gasteiger partial charge >= 0.3 is 7.12 Å². The van der Waals surface area contributed by atoms with Gasteiger partial charge in [0.05, 0.1) is 12.0 Å². The van der Waals surface area contributed by atoms with Crippen molar-refractivity contribution in [1.29, 1.82) is 5.26 Å². The van der Waals surface area contributed by atoms with Gasteiger partial charge in [-0.25, -0.2) is 0 Å². The number of nitrogens with zero attached hydrogens (tertiary/aromatic N) is 2. The van der Waals surface area contributed by atoms with E-state index in [4.69, 9.17) is 15.3 Å². The van der Waals surface area contributed by atoms with E-state index in [2.05, 4.69) is 11.0 Å². The third-order valence-electron chi connectivity index (χ3n) is 2.90. The van der Waals surface area contributed by atoms with Crippen LogP contribution in [-0.2, 0) is 0 Å². The lowest BCUT2D eigenvalue weighted by atomic mass is 9.80. The third-order valence-corrected chi connectivity index (χ3v) is 2.90. The summed E-state index contributed by atoms with van der Waals surface area (Å²) < 4.78 is 0. The molecule has 4 nitrogen and oxygen atoms in total. The Morgan fingerprint density at radius 2 is 2.25 bits per heavy atom. The molecule has 1 atom stereocenters. The van der Waals surface area contributed by atoms with Crippen molar-refractivity contribution in [3.8, 4) is 6.07 Å². The standard InChI is InChI=1S/C11H13BN2O2/c13-7-9-4-5-14(8-9)11-3-1-2-10(6-11)12(15)16/h1-3,6,9,15-16H,4-5,8H2. The van der Waals surface area contributed by atoms with Crippen molar-refractivity contribution in [3.63, 3.8) is 0 Å². The molecule has 0 radical (unpaired) electrons. The smallest absolute Gasteiger partial charge is 0.423 e. The summed E-state index contributed by atoms with van der Waals surface area (Å²) in [5.74, 6) is 0.0858. The van der Waals surface area contributed by atoms with Crippen LogP contribution in [0.4, 0.5) is 5.69 Å². The van der Waals surface area contributed by atoms with Gasteiger partial charge in [0.15, 0.2) is 0 Å². The summed E-state index contributed by atoms with van der Waals surface area (Å²) >= 11 is 0. The summed E-state index contributed by atoms with van der Waals surface area (Å²) in [6, 6.07) is 9.41. The molecule has 5 heteroatoms. The summed E-state index contributed by atoms with van der Waals surface area (Å²) in [6.07, 6.45) is 0.877. The Bertz CT molecular complexity index is 417. The molecule has 0 saturated carbocycles. The van der Waals surface area contributed by atoms with Crippen molar-refractivity contribution in [2.24, 2.45) is 5.92 Å². The molecule has 16 heavy (non-hydrogen) atoms. The van der Waals surface area contributed by atoms with E-state index in [-0.39, 0.29) is 5.92 Å². The molecule has 1 aliphatic rings. The lowest BCUT2D eigenvalue weighted by Crippen LogP contribution is -2.31. The Morgan fingerprint density at radius 1 is 1.44 bits per heavy atom. The van der Waals surface area contributed by atoms with E-state index in [1.807, 2.05) is 6.07 Å². The maximum Gasteiger partial charge on any atom is 0.488 e. The minimum atomic E-state index is -1.44. The molecule has 2 N–H and O–H groups in total. The molecule has 1 saturated heterocycles. The first kappa shape index (κ1) is 11.0. The summed E-state index contributed by atoms with van der Waals surface area (Å²) in [4.78, 5) is 2.10. The number of anilines is 1. The topological polar surface area (TPSA) is 67.5 Å². The quantitative estimate of drug-likeness (QED) is 0.667. The lowest BCUT2D eigenvalue weighted by molar-refractivity contribution is 0.426. The van der Waals surface area contributed by atoms with Gasteiger partial charge in [-0.3, -0.25) is 0 Å². The lowest BCUT2D eigenvalue weighted by Gasteiger charge is -2.18. The second-order valence-corrected chi connectivity index (χ2v) is 4.03. The van der Waals surface area contributed by atoms with Gasteiger partial charge in [0.1, 0.15) is 0 Å².